The van der Waals surface area contributed by atoms with Crippen LogP contribution in [0.4, 0.5) is 0 Å². The molecule has 3 rings (SSSR count). The van der Waals surface area contributed by atoms with Crippen LogP contribution in [-0.2, 0) is 17.8 Å². The van der Waals surface area contributed by atoms with Crippen molar-refractivity contribution in [1.29, 1.82) is 0 Å². The first-order valence-corrected chi connectivity index (χ1v) is 11.8. The fourth-order valence-corrected chi connectivity index (χ4v) is 3.93. The van der Waals surface area contributed by atoms with Gasteiger partial charge in [-0.25, -0.2) is 0 Å². The maximum atomic E-state index is 12.1. The summed E-state index contributed by atoms with van der Waals surface area (Å²) in [7, 11) is 0. The van der Waals surface area contributed by atoms with Crippen LogP contribution in [0.15, 0.2) is 28.8 Å². The number of carbonyl (C=O) groups is 1. The Morgan fingerprint density at radius 3 is 2.47 bits per heavy atom. The van der Waals surface area contributed by atoms with Crippen LogP contribution in [0.5, 0.6) is 0 Å². The van der Waals surface area contributed by atoms with Gasteiger partial charge >= 0.3 is 0 Å². The maximum Gasteiger partial charge on any atom is 0.246 e. The van der Waals surface area contributed by atoms with Gasteiger partial charge in [-0.05, 0) is 24.8 Å². The molecule has 1 saturated heterocycles. The predicted octanol–water partition coefficient (Wildman–Crippen LogP) is 4.18. The Morgan fingerprint density at radius 1 is 1.12 bits per heavy atom. The van der Waals surface area contributed by atoms with Crippen LogP contribution in [0.3, 0.4) is 0 Å². The first kappa shape index (κ1) is 26.3. The van der Waals surface area contributed by atoms with E-state index >= 15 is 0 Å². The molecule has 1 aliphatic rings. The second-order valence-corrected chi connectivity index (χ2v) is 8.50. The van der Waals surface area contributed by atoms with Crippen molar-refractivity contribution in [3.63, 3.8) is 0 Å². The van der Waals surface area contributed by atoms with Crippen molar-refractivity contribution >= 4 is 18.3 Å². The molecule has 1 aromatic carbocycles. The zero-order valence-electron chi connectivity index (χ0n) is 19.0. The first-order valence-electron chi connectivity index (χ1n) is 11.8. The molecule has 0 unspecified atom stereocenters. The molecule has 0 bridgehead atoms. The van der Waals surface area contributed by atoms with Gasteiger partial charge < -0.3 is 20.3 Å². The molecule has 178 valence electrons. The molecule has 1 aromatic heterocycles. The number of aliphatic hydroxyl groups is 1. The molecule has 2 aromatic rings. The quantitative estimate of drug-likeness (QED) is 0.384. The zero-order chi connectivity index (χ0) is 21.9. The molecule has 0 aliphatic carbocycles. The number of hydrogen-bond acceptors (Lipinski definition) is 6. The Morgan fingerprint density at radius 2 is 1.81 bits per heavy atom. The lowest BCUT2D eigenvalue weighted by atomic mass is 10.0. The van der Waals surface area contributed by atoms with Crippen molar-refractivity contribution in [1.82, 2.24) is 20.8 Å². The summed E-state index contributed by atoms with van der Waals surface area (Å²) in [5, 5.41) is 19.3. The van der Waals surface area contributed by atoms with E-state index in [-0.39, 0.29) is 30.9 Å². The first-order chi connectivity index (χ1) is 15.2. The van der Waals surface area contributed by atoms with Gasteiger partial charge in [0.05, 0.1) is 18.7 Å². The molecule has 0 saturated carbocycles. The van der Waals surface area contributed by atoms with E-state index in [2.05, 4.69) is 39.8 Å². The Hall–Kier alpha value is -1.96. The lowest BCUT2D eigenvalue weighted by Gasteiger charge is -2.08. The van der Waals surface area contributed by atoms with Gasteiger partial charge in [-0.15, -0.1) is 12.4 Å². The average Bonchev–Trinajstić information content (AvgIpc) is 3.44. The molecule has 3 N–H and O–H groups in total. The van der Waals surface area contributed by atoms with E-state index in [1.54, 1.807) is 0 Å². The van der Waals surface area contributed by atoms with Crippen LogP contribution in [0.1, 0.15) is 76.2 Å². The monoisotopic (exact) mass is 464 g/mol. The molecule has 1 fully saturated rings. The molecule has 1 amide bonds. The number of amides is 1. The molecule has 0 radical (unpaired) electrons. The highest BCUT2D eigenvalue weighted by Gasteiger charge is 2.28. The van der Waals surface area contributed by atoms with Crippen molar-refractivity contribution in [2.45, 2.75) is 89.8 Å². The predicted molar refractivity (Wildman–Crippen MR) is 128 cm³/mol. The number of aliphatic hydroxyl groups excluding tert-OH is 1. The highest BCUT2D eigenvalue weighted by atomic mass is 35.5. The highest BCUT2D eigenvalue weighted by molar-refractivity contribution is 5.85. The van der Waals surface area contributed by atoms with Crippen LogP contribution < -0.4 is 10.6 Å². The maximum absolute atomic E-state index is 12.1. The average molecular weight is 465 g/mol. The van der Waals surface area contributed by atoms with Crippen molar-refractivity contribution in [3.05, 3.63) is 35.7 Å². The number of unbranched alkanes of at least 4 members (excludes halogenated alkanes) is 7. The Balaban J connectivity index is 0.00000363. The smallest absolute Gasteiger partial charge is 0.246 e. The topological polar surface area (TPSA) is 100 Å². The zero-order valence-corrected chi connectivity index (χ0v) is 19.8. The number of carbonyl (C=O) groups excluding carboxylic acids is 1. The molecule has 32 heavy (non-hydrogen) atoms. The Labute approximate surface area is 197 Å². The van der Waals surface area contributed by atoms with E-state index < -0.39 is 6.10 Å². The number of halogens is 1. The Bertz CT molecular complexity index is 797. The van der Waals surface area contributed by atoms with E-state index in [9.17, 15) is 9.90 Å². The van der Waals surface area contributed by atoms with E-state index in [0.29, 0.717) is 24.7 Å². The molecule has 0 spiro atoms. The lowest BCUT2D eigenvalue weighted by Crippen LogP contribution is -2.40. The molecular formula is C24H37ClN4O3. The van der Waals surface area contributed by atoms with Gasteiger partial charge in [0, 0.05) is 12.1 Å². The number of benzene rings is 1. The molecular weight excluding hydrogens is 428 g/mol. The molecule has 2 heterocycles. The summed E-state index contributed by atoms with van der Waals surface area (Å²) in [4.78, 5) is 16.5. The number of nitrogens with zero attached hydrogens (tertiary/aromatic N) is 2. The number of aromatic nitrogens is 2. The molecule has 1 aliphatic heterocycles. The van der Waals surface area contributed by atoms with Gasteiger partial charge in [-0.3, -0.25) is 4.79 Å². The van der Waals surface area contributed by atoms with Crippen molar-refractivity contribution < 1.29 is 14.4 Å². The highest BCUT2D eigenvalue weighted by Crippen LogP contribution is 2.18. The third kappa shape index (κ3) is 8.52. The van der Waals surface area contributed by atoms with E-state index in [1.807, 2.05) is 12.1 Å². The number of rotatable bonds is 13. The molecule has 2 atom stereocenters. The summed E-state index contributed by atoms with van der Waals surface area (Å²) in [6.45, 7) is 2.87. The molecule has 8 heteroatoms. The SMILES string of the molecule is CCCCCCCCCCc1ccc(-c2noc(CNC(=O)[C@@H]3C[C@@H](O)CN3)n2)cc1.Cl. The number of aryl methyl sites for hydroxylation is 1. The van der Waals surface area contributed by atoms with E-state index in [0.717, 1.165) is 12.0 Å². The minimum Gasteiger partial charge on any atom is -0.392 e. The van der Waals surface area contributed by atoms with Crippen LogP contribution in [0, 0.1) is 0 Å². The fraction of sp³-hybridized carbons (Fsp3) is 0.625. The summed E-state index contributed by atoms with van der Waals surface area (Å²) in [5.74, 6) is 0.726. The van der Waals surface area contributed by atoms with Gasteiger partial charge in [0.2, 0.25) is 17.6 Å². The second-order valence-electron chi connectivity index (χ2n) is 8.50. The molecule has 7 nitrogen and oxygen atoms in total. The van der Waals surface area contributed by atoms with Gasteiger partial charge in [-0.1, -0.05) is 81.3 Å². The summed E-state index contributed by atoms with van der Waals surface area (Å²) in [6.07, 6.45) is 11.7. The van der Waals surface area contributed by atoms with E-state index in [4.69, 9.17) is 4.52 Å². The van der Waals surface area contributed by atoms with Crippen molar-refractivity contribution in [3.8, 4) is 11.4 Å². The van der Waals surface area contributed by atoms with Gasteiger partial charge in [0.15, 0.2) is 0 Å². The standard InChI is InChI=1S/C24H36N4O3.ClH/c1-2-3-4-5-6-7-8-9-10-18-11-13-19(14-12-18)23-27-22(31-28-23)17-26-24(30)21-15-20(29)16-25-21;/h11-14,20-21,25,29H,2-10,15-17H2,1H3,(H,26,30);1H/t20-,21+;/m1./s1. The van der Waals surface area contributed by atoms with Crippen LogP contribution in [0.25, 0.3) is 11.4 Å². The number of hydrogen-bond donors (Lipinski definition) is 3. The largest absolute Gasteiger partial charge is 0.392 e. The minimum absolute atomic E-state index is 0. The summed E-state index contributed by atoms with van der Waals surface area (Å²) < 4.78 is 5.26. The summed E-state index contributed by atoms with van der Waals surface area (Å²) >= 11 is 0. The lowest BCUT2D eigenvalue weighted by molar-refractivity contribution is -0.123. The summed E-state index contributed by atoms with van der Waals surface area (Å²) in [6, 6.07) is 7.94. The minimum atomic E-state index is -0.468. The third-order valence-electron chi connectivity index (χ3n) is 5.84. The summed E-state index contributed by atoms with van der Waals surface area (Å²) in [5.41, 5.74) is 2.23. The Kier molecular flexibility index (Phi) is 11.7. The van der Waals surface area contributed by atoms with Gasteiger partial charge in [0.1, 0.15) is 0 Å². The van der Waals surface area contributed by atoms with Gasteiger partial charge in [0.25, 0.3) is 0 Å². The van der Waals surface area contributed by atoms with Gasteiger partial charge in [-0.2, -0.15) is 4.98 Å². The normalized spacial score (nSPS) is 17.8. The third-order valence-corrected chi connectivity index (χ3v) is 5.84. The van der Waals surface area contributed by atoms with Crippen molar-refractivity contribution in [2.24, 2.45) is 0 Å². The van der Waals surface area contributed by atoms with Crippen molar-refractivity contribution in [2.75, 3.05) is 6.54 Å². The van der Waals surface area contributed by atoms with Crippen LogP contribution in [0.2, 0.25) is 0 Å². The van der Waals surface area contributed by atoms with Crippen LogP contribution >= 0.6 is 12.4 Å². The number of nitrogens with one attached hydrogen (secondary N) is 2. The van der Waals surface area contributed by atoms with E-state index in [1.165, 1.54) is 56.9 Å². The fourth-order valence-electron chi connectivity index (χ4n) is 3.93. The van der Waals surface area contributed by atoms with Crippen LogP contribution in [-0.4, -0.2) is 39.8 Å². The second kappa shape index (κ2) is 14.2. The number of β-amino-alcohol motifs (C(OH)–C–C–N with tert-alkyl or cyclic N) is 1.